The van der Waals surface area contributed by atoms with Gasteiger partial charge in [-0.3, -0.25) is 29.3 Å². The van der Waals surface area contributed by atoms with Crippen molar-refractivity contribution in [2.24, 2.45) is 11.1 Å². The van der Waals surface area contributed by atoms with E-state index in [-0.39, 0.29) is 72.3 Å². The number of anilines is 4. The summed E-state index contributed by atoms with van der Waals surface area (Å²) in [6, 6.07) is 9.87. The van der Waals surface area contributed by atoms with Crippen molar-refractivity contribution in [3.8, 4) is 0 Å². The second kappa shape index (κ2) is 24.2. The molecule has 0 bridgehead atoms. The molecular formula is C46H60ClN11O9S. The van der Waals surface area contributed by atoms with E-state index < -0.39 is 11.9 Å². The third-order valence-corrected chi connectivity index (χ3v) is 13.9. The van der Waals surface area contributed by atoms with Gasteiger partial charge in [0.05, 0.1) is 67.6 Å². The van der Waals surface area contributed by atoms with Gasteiger partial charge in [-0.1, -0.05) is 35.5 Å². The Morgan fingerprint density at radius 3 is 2.40 bits per heavy atom. The highest BCUT2D eigenvalue weighted by atomic mass is 35.5. The van der Waals surface area contributed by atoms with Crippen LogP contribution >= 0.6 is 23.4 Å². The van der Waals surface area contributed by atoms with E-state index in [0.717, 1.165) is 42.7 Å². The first-order valence-electron chi connectivity index (χ1n) is 23.0. The van der Waals surface area contributed by atoms with Gasteiger partial charge in [-0.25, -0.2) is 14.6 Å². The van der Waals surface area contributed by atoms with Gasteiger partial charge in [-0.2, -0.15) is 5.10 Å². The number of nitrogens with one attached hydrogen (secondary N) is 4. The largest absolute Gasteiger partial charge is 0.385 e. The van der Waals surface area contributed by atoms with Crippen LogP contribution < -0.4 is 43.2 Å². The van der Waals surface area contributed by atoms with Crippen LogP contribution in [0.2, 0.25) is 5.02 Å². The third kappa shape index (κ3) is 13.2. The molecule has 8 N–H and O–H groups in total. The standard InChI is InChI=1S/C46H60ClN11O9S/c1-29-41(48)46(28-67-29)13-17-57(18-14-46)36-27-52-44(42(49)55-36)68-35-6-2-5-33(40(35)47)54-38(60)12-11-37(59)51-16-4-20-65-22-24-66-23-21-64-19-3-15-50-31-8-7-30-26-53-58(45(63)32(30)25-31)34-9-10-39(61)56-43(34)62/h2,5-8,25-27,29,34,41,50H,3-4,9-24,28,48H2,1H3,(H2,49,55)(H,51,59)(H,54,60)(H,56,61,62)/t29-,34?,41+/m0/s1. The summed E-state index contributed by atoms with van der Waals surface area (Å²) in [6.45, 7) is 7.94. The number of amides is 4. The van der Waals surface area contributed by atoms with Gasteiger partial charge < -0.3 is 51.3 Å². The van der Waals surface area contributed by atoms with Crippen molar-refractivity contribution < 1.29 is 38.1 Å². The van der Waals surface area contributed by atoms with Crippen LogP contribution in [0.5, 0.6) is 0 Å². The van der Waals surface area contributed by atoms with E-state index in [4.69, 9.17) is 42.0 Å². The predicted octanol–water partition coefficient (Wildman–Crippen LogP) is 3.66. The van der Waals surface area contributed by atoms with Crippen molar-refractivity contribution in [3.05, 3.63) is 64.2 Å². The summed E-state index contributed by atoms with van der Waals surface area (Å²) in [7, 11) is 0. The lowest BCUT2D eigenvalue weighted by Crippen LogP contribution is -2.50. The van der Waals surface area contributed by atoms with Crippen molar-refractivity contribution in [2.75, 3.05) is 93.7 Å². The SMILES string of the molecule is C[C@@H]1OCC2(CCN(c3cnc(Sc4cccc(NC(=O)CCC(=O)NCCCOCCOCCOCCCNc5ccc6cnn(C7CCC(=O)NC7=O)c(=O)c6c5)c4Cl)c(N)n3)CC2)[C@@H]1N. The van der Waals surface area contributed by atoms with Gasteiger partial charge in [0.15, 0.2) is 5.82 Å². The number of rotatable bonds is 23. The lowest BCUT2D eigenvalue weighted by Gasteiger charge is -2.41. The Labute approximate surface area is 403 Å². The van der Waals surface area contributed by atoms with E-state index in [1.54, 1.807) is 36.7 Å². The number of halogens is 1. The summed E-state index contributed by atoms with van der Waals surface area (Å²) < 4.78 is 23.8. The zero-order chi connectivity index (χ0) is 48.0. The first-order chi connectivity index (χ1) is 32.9. The number of imide groups is 1. The number of fused-ring (bicyclic) bond motifs is 1. The maximum Gasteiger partial charge on any atom is 0.275 e. The van der Waals surface area contributed by atoms with Gasteiger partial charge in [-0.15, -0.1) is 0 Å². The molecule has 366 valence electrons. The average molecular weight is 979 g/mol. The van der Waals surface area contributed by atoms with Crippen LogP contribution in [0.25, 0.3) is 10.8 Å². The van der Waals surface area contributed by atoms with E-state index in [1.165, 1.54) is 11.8 Å². The van der Waals surface area contributed by atoms with Gasteiger partial charge in [0.25, 0.3) is 11.5 Å². The molecule has 2 aromatic carbocycles. The minimum atomic E-state index is -0.820. The molecule has 4 amide bonds. The molecule has 20 nitrogen and oxygen atoms in total. The van der Waals surface area contributed by atoms with E-state index >= 15 is 0 Å². The number of carbonyl (C=O) groups excluding carboxylic acids is 4. The van der Waals surface area contributed by atoms with Crippen molar-refractivity contribution >= 4 is 80.8 Å². The Hall–Kier alpha value is -5.42. The van der Waals surface area contributed by atoms with Gasteiger partial charge in [-0.05, 0) is 63.3 Å². The van der Waals surface area contributed by atoms with Crippen LogP contribution in [-0.4, -0.2) is 128 Å². The molecule has 5 heterocycles. The monoisotopic (exact) mass is 977 g/mol. The van der Waals surface area contributed by atoms with Gasteiger partial charge >= 0.3 is 0 Å². The topological polar surface area (TPSA) is 269 Å². The molecule has 4 aromatic rings. The Balaban J connectivity index is 0.690. The normalized spacial score (nSPS) is 19.0. The Morgan fingerprint density at radius 2 is 1.69 bits per heavy atom. The number of hydrogen-bond donors (Lipinski definition) is 6. The van der Waals surface area contributed by atoms with Crippen LogP contribution in [0.15, 0.2) is 63.5 Å². The van der Waals surface area contributed by atoms with E-state index in [1.807, 2.05) is 19.1 Å². The van der Waals surface area contributed by atoms with Crippen LogP contribution in [-0.2, 0) is 38.1 Å². The van der Waals surface area contributed by atoms with E-state index in [9.17, 15) is 24.0 Å². The van der Waals surface area contributed by atoms with E-state index in [0.29, 0.717) is 103 Å². The lowest BCUT2D eigenvalue weighted by atomic mass is 9.73. The van der Waals surface area contributed by atoms with Crippen molar-refractivity contribution in [1.29, 1.82) is 0 Å². The second-order valence-electron chi connectivity index (χ2n) is 17.1. The number of piperidine rings is 2. The summed E-state index contributed by atoms with van der Waals surface area (Å²) in [5.74, 6) is -0.476. The Bertz CT molecular complexity index is 2470. The number of nitrogens with zero attached hydrogens (tertiary/aromatic N) is 5. The maximum absolute atomic E-state index is 13.1. The van der Waals surface area contributed by atoms with Crippen molar-refractivity contribution in [3.63, 3.8) is 0 Å². The number of nitrogen functional groups attached to an aromatic ring is 1. The zero-order valence-corrected chi connectivity index (χ0v) is 39.7. The molecule has 3 atom stereocenters. The maximum atomic E-state index is 13.1. The van der Waals surface area contributed by atoms with Gasteiger partial charge in [0, 0.05) is 86.1 Å². The molecule has 22 heteroatoms. The van der Waals surface area contributed by atoms with Gasteiger partial charge in [0.1, 0.15) is 16.9 Å². The molecule has 0 aliphatic carbocycles. The minimum absolute atomic E-state index is 0.000889. The molecule has 3 fully saturated rings. The van der Waals surface area contributed by atoms with Crippen LogP contribution in [0.3, 0.4) is 0 Å². The van der Waals surface area contributed by atoms with Gasteiger partial charge in [0.2, 0.25) is 17.7 Å². The molecule has 7 rings (SSSR count). The summed E-state index contributed by atoms with van der Waals surface area (Å²) in [6.07, 6.45) is 6.86. The molecule has 1 unspecified atom stereocenters. The smallest absolute Gasteiger partial charge is 0.275 e. The number of benzene rings is 2. The molecule has 3 aliphatic heterocycles. The highest BCUT2D eigenvalue weighted by Crippen LogP contribution is 2.43. The fourth-order valence-electron chi connectivity index (χ4n) is 8.34. The predicted molar refractivity (Wildman–Crippen MR) is 258 cm³/mol. The van der Waals surface area contributed by atoms with E-state index in [2.05, 4.69) is 41.2 Å². The van der Waals surface area contributed by atoms with Crippen molar-refractivity contribution in [2.45, 2.75) is 86.4 Å². The second-order valence-corrected chi connectivity index (χ2v) is 18.5. The summed E-state index contributed by atoms with van der Waals surface area (Å²) >= 11 is 7.96. The minimum Gasteiger partial charge on any atom is -0.385 e. The lowest BCUT2D eigenvalue weighted by molar-refractivity contribution is -0.136. The molecule has 68 heavy (non-hydrogen) atoms. The third-order valence-electron chi connectivity index (χ3n) is 12.3. The highest BCUT2D eigenvalue weighted by Gasteiger charge is 2.47. The number of nitrogens with two attached hydrogens (primary N) is 2. The first-order valence-corrected chi connectivity index (χ1v) is 24.2. The van der Waals surface area contributed by atoms with Crippen LogP contribution in [0.4, 0.5) is 23.0 Å². The molecule has 2 aromatic heterocycles. The fraction of sp³-hybridized carbons (Fsp3) is 0.522. The summed E-state index contributed by atoms with van der Waals surface area (Å²) in [4.78, 5) is 74.2. The average Bonchev–Trinajstić information content (AvgIpc) is 3.60. The number of carbonyl (C=O) groups is 4. The fourth-order valence-corrected chi connectivity index (χ4v) is 9.44. The quantitative estimate of drug-likeness (QED) is 0.0457. The Morgan fingerprint density at radius 1 is 0.971 bits per heavy atom. The summed E-state index contributed by atoms with van der Waals surface area (Å²) in [5.41, 5.74) is 13.6. The Kier molecular flexibility index (Phi) is 18.0. The number of aromatic nitrogens is 4. The summed E-state index contributed by atoms with van der Waals surface area (Å²) in [5, 5.41) is 17.3. The number of hydrogen-bond acceptors (Lipinski definition) is 17. The number of ether oxygens (including phenoxy) is 4. The molecule has 1 spiro atoms. The molecular weight excluding hydrogens is 918 g/mol. The molecule has 3 aliphatic rings. The van der Waals surface area contributed by atoms with Crippen LogP contribution in [0, 0.1) is 5.41 Å². The molecule has 0 radical (unpaired) electrons. The first kappa shape index (κ1) is 50.5. The zero-order valence-electron chi connectivity index (χ0n) is 38.1. The highest BCUT2D eigenvalue weighted by molar-refractivity contribution is 7.99. The molecule has 3 saturated heterocycles. The molecule has 0 saturated carbocycles. The van der Waals surface area contributed by atoms with Crippen molar-refractivity contribution in [1.82, 2.24) is 30.4 Å². The van der Waals surface area contributed by atoms with Crippen LogP contribution in [0.1, 0.15) is 64.3 Å².